The van der Waals surface area contributed by atoms with E-state index in [4.69, 9.17) is 5.73 Å². The monoisotopic (exact) mass is 336 g/mol. The first kappa shape index (κ1) is 14.5. The molecule has 5 heteroatoms. The number of hydrogen-bond donors (Lipinski definition) is 1. The fourth-order valence-corrected chi connectivity index (χ4v) is 2.27. The molecule has 2 N–H and O–H groups in total. The van der Waals surface area contributed by atoms with Crippen molar-refractivity contribution < 1.29 is 9.18 Å². The molecule has 3 nitrogen and oxygen atoms in total. The van der Waals surface area contributed by atoms with Gasteiger partial charge in [-0.05, 0) is 29.8 Å². The Morgan fingerprint density at radius 2 is 2.00 bits per heavy atom. The zero-order chi connectivity index (χ0) is 14.7. The van der Waals surface area contributed by atoms with E-state index in [9.17, 15) is 9.18 Å². The maximum Gasteiger partial charge on any atom is 0.256 e. The quantitative estimate of drug-likeness (QED) is 0.872. The Morgan fingerprint density at radius 1 is 1.30 bits per heavy atom. The number of anilines is 1. The Labute approximate surface area is 125 Å². The van der Waals surface area contributed by atoms with Gasteiger partial charge in [-0.1, -0.05) is 34.1 Å². The molecule has 0 radical (unpaired) electrons. The second-order valence-electron chi connectivity index (χ2n) is 4.49. The molecule has 0 spiro atoms. The minimum Gasteiger partial charge on any atom is -0.399 e. The van der Waals surface area contributed by atoms with E-state index in [1.807, 2.05) is 24.3 Å². The molecule has 2 aromatic rings. The standard InChI is InChI=1S/C15H14BrFN2O/c1-19(9-10-4-2-3-5-13(10)16)15(20)12-7-6-11(18)8-14(12)17/h2-8H,9,18H2,1H3. The van der Waals surface area contributed by atoms with E-state index in [0.717, 1.165) is 16.1 Å². The second kappa shape index (κ2) is 6.05. The van der Waals surface area contributed by atoms with Crippen LogP contribution in [-0.2, 0) is 6.54 Å². The summed E-state index contributed by atoms with van der Waals surface area (Å²) in [7, 11) is 1.64. The molecule has 0 saturated heterocycles. The minimum absolute atomic E-state index is 0.0220. The largest absolute Gasteiger partial charge is 0.399 e. The van der Waals surface area contributed by atoms with Gasteiger partial charge in [-0.3, -0.25) is 4.79 Å². The lowest BCUT2D eigenvalue weighted by molar-refractivity contribution is 0.0780. The third-order valence-corrected chi connectivity index (χ3v) is 3.71. The zero-order valence-corrected chi connectivity index (χ0v) is 12.5. The first-order valence-electron chi connectivity index (χ1n) is 6.03. The van der Waals surface area contributed by atoms with Gasteiger partial charge in [0.2, 0.25) is 0 Å². The van der Waals surface area contributed by atoms with E-state index >= 15 is 0 Å². The maximum absolute atomic E-state index is 13.7. The molecule has 20 heavy (non-hydrogen) atoms. The third-order valence-electron chi connectivity index (χ3n) is 2.94. The molecule has 2 rings (SSSR count). The van der Waals surface area contributed by atoms with Gasteiger partial charge >= 0.3 is 0 Å². The number of hydrogen-bond acceptors (Lipinski definition) is 2. The van der Waals surface area contributed by atoms with Crippen LogP contribution in [0.2, 0.25) is 0 Å². The van der Waals surface area contributed by atoms with Gasteiger partial charge in [-0.2, -0.15) is 0 Å². The Kier molecular flexibility index (Phi) is 4.39. The molecule has 0 saturated carbocycles. The molecule has 0 fully saturated rings. The summed E-state index contributed by atoms with van der Waals surface area (Å²) < 4.78 is 14.7. The topological polar surface area (TPSA) is 46.3 Å². The predicted octanol–water partition coefficient (Wildman–Crippen LogP) is 3.44. The van der Waals surface area contributed by atoms with Crippen molar-refractivity contribution >= 4 is 27.5 Å². The van der Waals surface area contributed by atoms with Crippen LogP contribution in [0.3, 0.4) is 0 Å². The highest BCUT2D eigenvalue weighted by atomic mass is 79.9. The summed E-state index contributed by atoms with van der Waals surface area (Å²) in [5, 5.41) is 0. The third kappa shape index (κ3) is 3.17. The van der Waals surface area contributed by atoms with Crippen LogP contribution in [0.4, 0.5) is 10.1 Å². The summed E-state index contributed by atoms with van der Waals surface area (Å²) in [6, 6.07) is 11.7. The number of carbonyl (C=O) groups is 1. The van der Waals surface area contributed by atoms with Gasteiger partial charge in [0.15, 0.2) is 0 Å². The highest BCUT2D eigenvalue weighted by Gasteiger charge is 2.17. The zero-order valence-electron chi connectivity index (χ0n) is 10.9. The molecule has 2 aromatic carbocycles. The van der Waals surface area contributed by atoms with Crippen LogP contribution in [0.5, 0.6) is 0 Å². The highest BCUT2D eigenvalue weighted by molar-refractivity contribution is 9.10. The molecule has 0 aliphatic heterocycles. The molecule has 0 aliphatic carbocycles. The predicted molar refractivity (Wildman–Crippen MR) is 80.8 cm³/mol. The molecule has 0 bridgehead atoms. The number of benzene rings is 2. The van der Waals surface area contributed by atoms with Crippen LogP contribution in [0, 0.1) is 5.82 Å². The number of nitrogens with two attached hydrogens (primary N) is 1. The van der Waals surface area contributed by atoms with Crippen molar-refractivity contribution in [2.24, 2.45) is 0 Å². The molecule has 0 unspecified atom stereocenters. The normalized spacial score (nSPS) is 10.3. The number of nitrogen functional groups attached to an aromatic ring is 1. The van der Waals surface area contributed by atoms with E-state index in [1.165, 1.54) is 17.0 Å². The average Bonchev–Trinajstić information content (AvgIpc) is 2.40. The molecule has 104 valence electrons. The minimum atomic E-state index is -0.603. The van der Waals surface area contributed by atoms with Crippen molar-refractivity contribution in [1.29, 1.82) is 0 Å². The Bertz CT molecular complexity index is 646. The lowest BCUT2D eigenvalue weighted by atomic mass is 10.1. The number of carbonyl (C=O) groups excluding carboxylic acids is 1. The van der Waals surface area contributed by atoms with E-state index in [0.29, 0.717) is 12.2 Å². The molecular formula is C15H14BrFN2O. The summed E-state index contributed by atoms with van der Waals surface area (Å²) >= 11 is 3.43. The fourth-order valence-electron chi connectivity index (χ4n) is 1.86. The number of rotatable bonds is 3. The maximum atomic E-state index is 13.7. The van der Waals surface area contributed by atoms with E-state index in [1.54, 1.807) is 7.05 Å². The van der Waals surface area contributed by atoms with Gasteiger partial charge < -0.3 is 10.6 Å². The van der Waals surface area contributed by atoms with Crippen molar-refractivity contribution in [3.05, 3.63) is 63.9 Å². The lowest BCUT2D eigenvalue weighted by Crippen LogP contribution is -2.27. The first-order valence-corrected chi connectivity index (χ1v) is 6.82. The van der Waals surface area contributed by atoms with Crippen molar-refractivity contribution in [3.8, 4) is 0 Å². The van der Waals surface area contributed by atoms with Gasteiger partial charge in [-0.25, -0.2) is 4.39 Å². The van der Waals surface area contributed by atoms with Crippen LogP contribution in [-0.4, -0.2) is 17.9 Å². The SMILES string of the molecule is CN(Cc1ccccc1Br)C(=O)c1ccc(N)cc1F. The van der Waals surface area contributed by atoms with E-state index < -0.39 is 5.82 Å². The van der Waals surface area contributed by atoms with Crippen molar-refractivity contribution in [3.63, 3.8) is 0 Å². The van der Waals surface area contributed by atoms with Crippen molar-refractivity contribution in [2.45, 2.75) is 6.54 Å². The van der Waals surface area contributed by atoms with E-state index in [-0.39, 0.29) is 11.5 Å². The van der Waals surface area contributed by atoms with Crippen molar-refractivity contribution in [1.82, 2.24) is 4.90 Å². The number of nitrogens with zero attached hydrogens (tertiary/aromatic N) is 1. The van der Waals surface area contributed by atoms with Gasteiger partial charge in [0.25, 0.3) is 5.91 Å². The van der Waals surface area contributed by atoms with Crippen LogP contribution < -0.4 is 5.73 Å². The smallest absolute Gasteiger partial charge is 0.256 e. The molecule has 0 aliphatic rings. The fraction of sp³-hybridized carbons (Fsp3) is 0.133. The first-order chi connectivity index (χ1) is 9.49. The summed E-state index contributed by atoms with van der Waals surface area (Å²) in [4.78, 5) is 13.7. The molecular weight excluding hydrogens is 323 g/mol. The van der Waals surface area contributed by atoms with Crippen LogP contribution >= 0.6 is 15.9 Å². The van der Waals surface area contributed by atoms with Crippen LogP contribution in [0.15, 0.2) is 46.9 Å². The Balaban J connectivity index is 2.19. The molecule has 0 aromatic heterocycles. The lowest BCUT2D eigenvalue weighted by Gasteiger charge is -2.18. The Hall–Kier alpha value is -1.88. The highest BCUT2D eigenvalue weighted by Crippen LogP contribution is 2.19. The number of halogens is 2. The van der Waals surface area contributed by atoms with Crippen LogP contribution in [0.1, 0.15) is 15.9 Å². The molecule has 1 amide bonds. The van der Waals surface area contributed by atoms with Gasteiger partial charge in [-0.15, -0.1) is 0 Å². The summed E-state index contributed by atoms with van der Waals surface area (Å²) in [6.07, 6.45) is 0. The summed E-state index contributed by atoms with van der Waals surface area (Å²) in [6.45, 7) is 0.393. The summed E-state index contributed by atoms with van der Waals surface area (Å²) in [5.74, 6) is -0.979. The summed E-state index contributed by atoms with van der Waals surface area (Å²) in [5.41, 5.74) is 6.75. The van der Waals surface area contributed by atoms with E-state index in [2.05, 4.69) is 15.9 Å². The molecule has 0 heterocycles. The van der Waals surface area contributed by atoms with Gasteiger partial charge in [0.05, 0.1) is 5.56 Å². The van der Waals surface area contributed by atoms with Crippen molar-refractivity contribution in [2.75, 3.05) is 12.8 Å². The van der Waals surface area contributed by atoms with Crippen LogP contribution in [0.25, 0.3) is 0 Å². The number of amides is 1. The van der Waals surface area contributed by atoms with Gasteiger partial charge in [0, 0.05) is 23.8 Å². The van der Waals surface area contributed by atoms with Gasteiger partial charge in [0.1, 0.15) is 5.82 Å². The molecule has 0 atom stereocenters. The Morgan fingerprint density at radius 3 is 2.65 bits per heavy atom. The average molecular weight is 337 g/mol. The second-order valence-corrected chi connectivity index (χ2v) is 5.35.